The third-order valence-corrected chi connectivity index (χ3v) is 2.44. The van der Waals surface area contributed by atoms with E-state index in [2.05, 4.69) is 10.5 Å². The summed E-state index contributed by atoms with van der Waals surface area (Å²) < 4.78 is 5.20. The second-order valence-corrected chi connectivity index (χ2v) is 4.12. The Morgan fingerprint density at radius 3 is 2.94 bits per heavy atom. The highest BCUT2D eigenvalue weighted by Crippen LogP contribution is 2.28. The van der Waals surface area contributed by atoms with E-state index in [0.29, 0.717) is 17.2 Å². The molecule has 0 heterocycles. The number of nitrogens with zero attached hydrogens (tertiary/aromatic N) is 1. The monoisotopic (exact) mass is 257 g/mol. The Balaban J connectivity index is 2.76. The normalized spacial score (nSPS) is 13.2. The first-order chi connectivity index (χ1) is 8.06. The zero-order valence-electron chi connectivity index (χ0n) is 9.77. The molecule has 0 saturated heterocycles. The van der Waals surface area contributed by atoms with Crippen molar-refractivity contribution in [1.29, 1.82) is 0 Å². The number of rotatable bonds is 5. The lowest BCUT2D eigenvalue weighted by Gasteiger charge is -2.17. The Morgan fingerprint density at radius 2 is 2.35 bits per heavy atom. The molecule has 0 spiro atoms. The topological polar surface area (TPSA) is 79.9 Å². The number of oxime groups is 1. The van der Waals surface area contributed by atoms with Gasteiger partial charge in [-0.3, -0.25) is 0 Å². The van der Waals surface area contributed by atoms with Crippen molar-refractivity contribution in [2.45, 2.75) is 19.4 Å². The zero-order chi connectivity index (χ0) is 12.8. The molecule has 0 amide bonds. The first kappa shape index (κ1) is 13.4. The van der Waals surface area contributed by atoms with Crippen molar-refractivity contribution in [3.05, 3.63) is 23.2 Å². The number of benzene rings is 1. The van der Waals surface area contributed by atoms with E-state index in [0.717, 1.165) is 5.69 Å². The molecule has 0 bridgehead atoms. The molecule has 0 radical (unpaired) electrons. The number of halogens is 1. The van der Waals surface area contributed by atoms with Crippen LogP contribution in [-0.2, 0) is 0 Å². The van der Waals surface area contributed by atoms with E-state index in [1.807, 2.05) is 6.92 Å². The van der Waals surface area contributed by atoms with Crippen LogP contribution in [0.25, 0.3) is 0 Å². The van der Waals surface area contributed by atoms with Crippen molar-refractivity contribution in [3.63, 3.8) is 0 Å². The molecule has 1 aromatic rings. The number of hydrogen-bond acceptors (Lipinski definition) is 4. The Bertz CT molecular complexity index is 410. The molecule has 0 saturated carbocycles. The maximum absolute atomic E-state index is 8.48. The first-order valence-corrected chi connectivity index (χ1v) is 5.51. The van der Waals surface area contributed by atoms with Gasteiger partial charge in [0.25, 0.3) is 0 Å². The van der Waals surface area contributed by atoms with Crippen LogP contribution in [0.3, 0.4) is 0 Å². The van der Waals surface area contributed by atoms with Crippen molar-refractivity contribution in [2.75, 3.05) is 12.4 Å². The zero-order valence-corrected chi connectivity index (χ0v) is 10.5. The minimum absolute atomic E-state index is 0.00160. The van der Waals surface area contributed by atoms with Crippen molar-refractivity contribution in [2.24, 2.45) is 10.9 Å². The van der Waals surface area contributed by atoms with Gasteiger partial charge in [0.15, 0.2) is 0 Å². The fourth-order valence-electron chi connectivity index (χ4n) is 1.46. The molecule has 6 heteroatoms. The molecule has 17 heavy (non-hydrogen) atoms. The van der Waals surface area contributed by atoms with Gasteiger partial charge in [0, 0.05) is 17.5 Å². The van der Waals surface area contributed by atoms with Crippen LogP contribution in [0.5, 0.6) is 5.75 Å². The molecule has 0 aliphatic carbocycles. The van der Waals surface area contributed by atoms with E-state index >= 15 is 0 Å². The molecule has 5 nitrogen and oxygen atoms in total. The third kappa shape index (κ3) is 4.03. The van der Waals surface area contributed by atoms with Crippen molar-refractivity contribution < 1.29 is 9.94 Å². The van der Waals surface area contributed by atoms with Crippen LogP contribution in [-0.4, -0.2) is 24.2 Å². The fraction of sp³-hybridized carbons (Fsp3) is 0.364. The van der Waals surface area contributed by atoms with Gasteiger partial charge in [0.1, 0.15) is 11.6 Å². The van der Waals surface area contributed by atoms with Crippen LogP contribution in [0.2, 0.25) is 5.02 Å². The fourth-order valence-corrected chi connectivity index (χ4v) is 1.64. The molecule has 1 atom stereocenters. The van der Waals surface area contributed by atoms with Gasteiger partial charge in [-0.15, -0.1) is 0 Å². The van der Waals surface area contributed by atoms with Crippen LogP contribution in [0.1, 0.15) is 13.3 Å². The minimum Gasteiger partial charge on any atom is -0.495 e. The predicted molar refractivity (Wildman–Crippen MR) is 69.1 cm³/mol. The quantitative estimate of drug-likeness (QED) is 0.327. The number of amidine groups is 1. The van der Waals surface area contributed by atoms with Gasteiger partial charge in [0.2, 0.25) is 0 Å². The molecular formula is C11H16ClN3O2. The molecule has 1 rings (SSSR count). The molecule has 0 fully saturated rings. The molecule has 0 aliphatic heterocycles. The van der Waals surface area contributed by atoms with E-state index in [-0.39, 0.29) is 11.9 Å². The van der Waals surface area contributed by atoms with E-state index in [1.54, 1.807) is 25.3 Å². The van der Waals surface area contributed by atoms with E-state index < -0.39 is 0 Å². The third-order valence-electron chi connectivity index (χ3n) is 2.21. The summed E-state index contributed by atoms with van der Waals surface area (Å²) in [6.07, 6.45) is 0.423. The average molecular weight is 258 g/mol. The van der Waals surface area contributed by atoms with Crippen LogP contribution in [0.15, 0.2) is 23.4 Å². The van der Waals surface area contributed by atoms with Gasteiger partial charge < -0.3 is 21.0 Å². The molecule has 4 N–H and O–H groups in total. The summed E-state index contributed by atoms with van der Waals surface area (Å²) in [5.41, 5.74) is 6.21. The summed E-state index contributed by atoms with van der Waals surface area (Å²) in [5.74, 6) is 0.867. The van der Waals surface area contributed by atoms with Crippen LogP contribution >= 0.6 is 11.6 Å². The molecule has 0 aliphatic rings. The molecule has 1 unspecified atom stereocenters. The van der Waals surface area contributed by atoms with Gasteiger partial charge >= 0.3 is 0 Å². The van der Waals surface area contributed by atoms with Gasteiger partial charge in [-0.2, -0.15) is 0 Å². The predicted octanol–water partition coefficient (Wildman–Crippen LogP) is 2.29. The number of hydrogen-bond donors (Lipinski definition) is 3. The standard InChI is InChI=1S/C11H16ClN3O2/c1-7(5-11(13)15-16)14-9-6-8(12)3-4-10(9)17-2/h3-4,6-7,14,16H,5H2,1-2H3,(H2,13,15). The van der Waals surface area contributed by atoms with Crippen LogP contribution in [0, 0.1) is 0 Å². The smallest absolute Gasteiger partial charge is 0.142 e. The highest BCUT2D eigenvalue weighted by atomic mass is 35.5. The highest BCUT2D eigenvalue weighted by Gasteiger charge is 2.09. The maximum atomic E-state index is 8.48. The lowest BCUT2D eigenvalue weighted by molar-refractivity contribution is 0.316. The second-order valence-electron chi connectivity index (χ2n) is 3.69. The van der Waals surface area contributed by atoms with E-state index in [4.69, 9.17) is 27.3 Å². The van der Waals surface area contributed by atoms with Gasteiger partial charge in [0.05, 0.1) is 12.8 Å². The largest absolute Gasteiger partial charge is 0.495 e. The van der Waals surface area contributed by atoms with Gasteiger partial charge in [-0.1, -0.05) is 16.8 Å². The van der Waals surface area contributed by atoms with Crippen LogP contribution in [0.4, 0.5) is 5.69 Å². The summed E-state index contributed by atoms with van der Waals surface area (Å²) in [4.78, 5) is 0. The van der Waals surface area contributed by atoms with Crippen LogP contribution < -0.4 is 15.8 Å². The number of ether oxygens (including phenoxy) is 1. The van der Waals surface area contributed by atoms with E-state index in [9.17, 15) is 0 Å². The molecule has 0 aromatic heterocycles. The molecular weight excluding hydrogens is 242 g/mol. The SMILES string of the molecule is COc1ccc(Cl)cc1NC(C)CC(N)=NO. The summed E-state index contributed by atoms with van der Waals surface area (Å²) in [5, 5.41) is 15.2. The van der Waals surface area contributed by atoms with Gasteiger partial charge in [-0.25, -0.2) is 0 Å². The van der Waals surface area contributed by atoms with Crippen molar-refractivity contribution in [3.8, 4) is 5.75 Å². The number of nitrogens with two attached hydrogens (primary N) is 1. The summed E-state index contributed by atoms with van der Waals surface area (Å²) >= 11 is 5.91. The van der Waals surface area contributed by atoms with E-state index in [1.165, 1.54) is 0 Å². The number of anilines is 1. The highest BCUT2D eigenvalue weighted by molar-refractivity contribution is 6.30. The number of methoxy groups -OCH3 is 1. The lowest BCUT2D eigenvalue weighted by Crippen LogP contribution is -2.24. The van der Waals surface area contributed by atoms with Crippen molar-refractivity contribution in [1.82, 2.24) is 0 Å². The average Bonchev–Trinajstić information content (AvgIpc) is 2.29. The maximum Gasteiger partial charge on any atom is 0.142 e. The lowest BCUT2D eigenvalue weighted by atomic mass is 10.2. The summed E-state index contributed by atoms with van der Waals surface area (Å²) in [6, 6.07) is 5.29. The summed E-state index contributed by atoms with van der Waals surface area (Å²) in [6.45, 7) is 1.92. The number of nitrogens with one attached hydrogen (secondary N) is 1. The summed E-state index contributed by atoms with van der Waals surface area (Å²) in [7, 11) is 1.59. The Morgan fingerprint density at radius 1 is 1.65 bits per heavy atom. The Kier molecular flexibility index (Phi) is 4.90. The first-order valence-electron chi connectivity index (χ1n) is 5.13. The Hall–Kier alpha value is -1.62. The van der Waals surface area contributed by atoms with Crippen molar-refractivity contribution >= 4 is 23.1 Å². The molecule has 1 aromatic carbocycles. The van der Waals surface area contributed by atoms with Gasteiger partial charge in [-0.05, 0) is 25.1 Å². The minimum atomic E-state index is -0.00160. The molecule has 94 valence electrons. The Labute approximate surface area is 105 Å². The second kappa shape index (κ2) is 6.20.